The summed E-state index contributed by atoms with van der Waals surface area (Å²) < 4.78 is 45.5. The van der Waals surface area contributed by atoms with Crippen LogP contribution in [0, 0.1) is 54.0 Å². The lowest BCUT2D eigenvalue weighted by Gasteiger charge is -2.11. The smallest absolute Gasteiger partial charge is 0.324 e. The van der Waals surface area contributed by atoms with E-state index in [4.69, 9.17) is 110 Å². The fourth-order valence-corrected chi connectivity index (χ4v) is 10.6. The predicted octanol–water partition coefficient (Wildman–Crippen LogP) is 16.8. The summed E-state index contributed by atoms with van der Waals surface area (Å²) in [5.41, 5.74) is 14.0. The van der Waals surface area contributed by atoms with E-state index in [1.807, 2.05) is 120 Å². The number of hydrogen-bond acceptors (Lipinski definition) is 10. The zero-order valence-corrected chi connectivity index (χ0v) is 50.0. The average Bonchev–Trinajstić information content (AvgIpc) is 4.43. The number of aryl methyl sites for hydroxylation is 4. The molecule has 6 aromatic carbocycles. The molecule has 0 atom stereocenters. The van der Waals surface area contributed by atoms with Gasteiger partial charge in [-0.15, -0.1) is 0 Å². The largest absolute Gasteiger partial charge is 0.457 e. The van der Waals surface area contributed by atoms with Crippen molar-refractivity contribution in [1.29, 1.82) is 0 Å². The molecule has 0 fully saturated rings. The molecule has 0 unspecified atom stereocenters. The second-order valence-electron chi connectivity index (χ2n) is 20.0. The summed E-state index contributed by atoms with van der Waals surface area (Å²) in [6.45, 7) is 46.6. The van der Waals surface area contributed by atoms with E-state index in [0.717, 1.165) is 44.9 Å². The predicted molar refractivity (Wildman–Crippen MR) is 342 cm³/mol. The molecule has 12 rings (SSSR count). The van der Waals surface area contributed by atoms with E-state index in [0.29, 0.717) is 115 Å². The first-order valence-corrected chi connectivity index (χ1v) is 28.0. The van der Waals surface area contributed by atoms with Crippen LogP contribution in [-0.2, 0) is 45.0 Å². The SMILES string of the molecule is C.[C-]#[N+]c1c(C)cc(Oc2ccc3c(c2)COB3C)cc1Cl.[C-]#[N+]c1c(Cl)cc(Oc2ccc3c(c2)COB3C)nc1C.[C-]#[N+]c1cc(Cl)c(Oc2ccc3c(c2)COB3C)cc1C.[C-]#[N+]c1cc(Cl)c(Oc2ccc3c(c2)COB3C)nc1C. The van der Waals surface area contributed by atoms with Gasteiger partial charge >= 0.3 is 27.7 Å². The van der Waals surface area contributed by atoms with Crippen molar-refractivity contribution in [1.82, 2.24) is 9.97 Å². The lowest BCUT2D eigenvalue weighted by atomic mass is 9.64. The highest BCUT2D eigenvalue weighted by Gasteiger charge is 2.27. The Morgan fingerprint density at radius 1 is 0.412 bits per heavy atom. The van der Waals surface area contributed by atoms with E-state index in [2.05, 4.69) is 29.3 Å². The molecular formula is C63H54B4Cl4N6O8. The van der Waals surface area contributed by atoms with Crippen LogP contribution < -0.4 is 40.8 Å². The summed E-state index contributed by atoms with van der Waals surface area (Å²) in [4.78, 5) is 22.1. The van der Waals surface area contributed by atoms with Crippen LogP contribution in [-0.4, -0.2) is 37.6 Å². The molecule has 0 amide bonds. The number of pyridine rings is 2. The van der Waals surface area contributed by atoms with Gasteiger partial charge in [0.15, 0.2) is 5.69 Å². The van der Waals surface area contributed by atoms with Crippen LogP contribution in [0.2, 0.25) is 47.4 Å². The van der Waals surface area contributed by atoms with Crippen molar-refractivity contribution in [3.8, 4) is 46.3 Å². The molecular weight excluding hydrogens is 1150 g/mol. The lowest BCUT2D eigenvalue weighted by molar-refractivity contribution is 0.333. The fraction of sp³-hybridized carbons (Fsp3) is 0.206. The minimum Gasteiger partial charge on any atom is -0.457 e. The first-order chi connectivity index (χ1) is 40.3. The molecule has 0 radical (unpaired) electrons. The van der Waals surface area contributed by atoms with Crippen molar-refractivity contribution in [3.05, 3.63) is 220 Å². The summed E-state index contributed by atoms with van der Waals surface area (Å²) in [6, 6.07) is 33.6. The molecule has 2 aromatic heterocycles. The van der Waals surface area contributed by atoms with Gasteiger partial charge < -0.3 is 37.6 Å². The van der Waals surface area contributed by atoms with E-state index >= 15 is 0 Å². The molecule has 0 N–H and O–H groups in total. The molecule has 0 aliphatic carbocycles. The molecule has 22 heteroatoms. The van der Waals surface area contributed by atoms with Crippen molar-refractivity contribution in [3.63, 3.8) is 0 Å². The standard InChI is InChI=1S/2C16H13BClNO2.2C15H12BClN2O2.CH4/c1-10-6-13(8-15(18)16(10)19-3)21-12-4-5-14-11(7-12)9-20-17(14)2;1-10-6-16(14(18)8-15(10)19-3)21-12-4-5-13-11(7-12)9-20-17(13)2;1-9-15(18-3)13(17)7-14(19-9)21-11-4-5-12-10(6-11)8-20-16(12)2;1-9-14(18-3)7-13(17)15(19-9)21-11-4-5-12-10(6-11)8-20-16(12)2;/h2*4-8H,9H2,1-2H3;2*4-7H,8H2,1-2H3;1H4. The summed E-state index contributed by atoms with van der Waals surface area (Å²) in [5.74, 6) is 4.72. The second-order valence-corrected chi connectivity index (χ2v) is 21.6. The van der Waals surface area contributed by atoms with Crippen LogP contribution in [0.1, 0.15) is 52.2 Å². The third-order valence-corrected chi connectivity index (χ3v) is 15.4. The molecule has 4 aliphatic rings. The summed E-state index contributed by atoms with van der Waals surface area (Å²) >= 11 is 24.5. The highest BCUT2D eigenvalue weighted by molar-refractivity contribution is 6.68. The number of nitrogens with zero attached hydrogens (tertiary/aromatic N) is 6. The normalized spacial score (nSPS) is 12.8. The van der Waals surface area contributed by atoms with Gasteiger partial charge in [0.2, 0.25) is 28.8 Å². The number of hydrogen-bond donors (Lipinski definition) is 0. The first kappa shape index (κ1) is 63.1. The van der Waals surface area contributed by atoms with Crippen molar-refractivity contribution in [2.45, 2.75) is 88.8 Å². The topological polar surface area (TPSA) is 117 Å². The van der Waals surface area contributed by atoms with E-state index in [1.165, 1.54) is 21.9 Å². The Labute approximate surface area is 517 Å². The van der Waals surface area contributed by atoms with Crippen LogP contribution in [0.25, 0.3) is 19.4 Å². The van der Waals surface area contributed by atoms with Crippen molar-refractivity contribution >= 4 is 119 Å². The van der Waals surface area contributed by atoms with Crippen LogP contribution in [0.15, 0.2) is 109 Å². The Morgan fingerprint density at radius 3 is 1.29 bits per heavy atom. The molecule has 0 saturated carbocycles. The Kier molecular flexibility index (Phi) is 20.6. The van der Waals surface area contributed by atoms with Gasteiger partial charge in [-0.25, -0.2) is 29.3 Å². The zero-order valence-electron chi connectivity index (χ0n) is 47.0. The molecule has 85 heavy (non-hydrogen) atoms. The van der Waals surface area contributed by atoms with E-state index in [-0.39, 0.29) is 35.1 Å². The van der Waals surface area contributed by atoms with Crippen molar-refractivity contribution in [2.75, 3.05) is 0 Å². The van der Waals surface area contributed by atoms with Crippen molar-refractivity contribution < 1.29 is 37.6 Å². The second kappa shape index (κ2) is 27.8. The van der Waals surface area contributed by atoms with Crippen molar-refractivity contribution in [2.24, 2.45) is 0 Å². The third kappa shape index (κ3) is 14.8. The quantitative estimate of drug-likeness (QED) is 0.108. The number of rotatable bonds is 8. The molecule has 424 valence electrons. The van der Waals surface area contributed by atoms with Gasteiger partial charge in [0.25, 0.3) is 0 Å². The highest BCUT2D eigenvalue weighted by atomic mass is 35.5. The monoisotopic (exact) mass is 1210 g/mol. The Bertz CT molecular complexity index is 3750. The van der Waals surface area contributed by atoms with Crippen LogP contribution >= 0.6 is 46.4 Å². The number of halogens is 4. The van der Waals surface area contributed by atoms with E-state index < -0.39 is 0 Å². The maximum atomic E-state index is 7.11. The molecule has 0 spiro atoms. The Hall–Kier alpha value is -7.96. The first-order valence-electron chi connectivity index (χ1n) is 26.5. The van der Waals surface area contributed by atoms with E-state index in [9.17, 15) is 0 Å². The molecule has 6 heterocycles. The van der Waals surface area contributed by atoms with Gasteiger partial charge in [0, 0.05) is 17.5 Å². The summed E-state index contributed by atoms with van der Waals surface area (Å²) in [6.07, 6.45) is 0. The highest BCUT2D eigenvalue weighted by Crippen LogP contribution is 2.39. The average molecular weight is 1210 g/mol. The molecule has 0 bridgehead atoms. The van der Waals surface area contributed by atoms with Gasteiger partial charge in [-0.2, -0.15) is 0 Å². The van der Waals surface area contributed by atoms with Gasteiger partial charge in [0.1, 0.15) is 34.5 Å². The van der Waals surface area contributed by atoms with Gasteiger partial charge in [-0.05, 0) is 162 Å². The molecule has 0 saturated heterocycles. The van der Waals surface area contributed by atoms with Crippen LogP contribution in [0.5, 0.6) is 46.3 Å². The van der Waals surface area contributed by atoms with Crippen LogP contribution in [0.3, 0.4) is 0 Å². The summed E-state index contributed by atoms with van der Waals surface area (Å²) in [7, 11) is 0. The minimum absolute atomic E-state index is 0. The zero-order chi connectivity index (χ0) is 59.9. The lowest BCUT2D eigenvalue weighted by Crippen LogP contribution is -2.23. The number of ether oxygens (including phenoxy) is 4. The van der Waals surface area contributed by atoms with Gasteiger partial charge in [-0.1, -0.05) is 105 Å². The van der Waals surface area contributed by atoms with E-state index in [1.54, 1.807) is 44.2 Å². The van der Waals surface area contributed by atoms with Gasteiger partial charge in [-0.3, -0.25) is 0 Å². The number of fused-ring (bicyclic) bond motifs is 4. The minimum atomic E-state index is 0. The molecule has 8 aromatic rings. The Morgan fingerprint density at radius 2 is 0.847 bits per heavy atom. The Balaban J connectivity index is 0.000000147. The van der Waals surface area contributed by atoms with Gasteiger partial charge in [0.05, 0.1) is 72.8 Å². The van der Waals surface area contributed by atoms with Crippen LogP contribution in [0.4, 0.5) is 22.7 Å². The number of aromatic nitrogens is 2. The third-order valence-electron chi connectivity index (χ3n) is 14.2. The maximum Gasteiger partial charge on any atom is 0.324 e. The molecule has 14 nitrogen and oxygen atoms in total. The fourth-order valence-electron chi connectivity index (χ4n) is 9.65. The maximum absolute atomic E-state index is 7.11. The number of benzene rings is 6. The molecule has 4 aliphatic heterocycles. The summed E-state index contributed by atoms with van der Waals surface area (Å²) in [5, 5.41) is 1.54.